The van der Waals surface area contributed by atoms with Gasteiger partial charge in [0.15, 0.2) is 17.3 Å². The Morgan fingerprint density at radius 3 is 2.76 bits per heavy atom. The lowest BCUT2D eigenvalue weighted by atomic mass is 9.91. The number of benzene rings is 2. The van der Waals surface area contributed by atoms with Crippen LogP contribution in [-0.2, 0) is 11.2 Å². The molecule has 1 unspecified atom stereocenters. The first-order chi connectivity index (χ1) is 16.4. The molecule has 4 rings (SSSR count). The zero-order valence-electron chi connectivity index (χ0n) is 18.9. The fraction of sp³-hybridized carbons (Fsp3) is 0.231. The van der Waals surface area contributed by atoms with Gasteiger partial charge in [0.2, 0.25) is 17.1 Å². The van der Waals surface area contributed by atoms with Gasteiger partial charge in [-0.05, 0) is 42.7 Å². The van der Waals surface area contributed by atoms with Crippen LogP contribution in [0.3, 0.4) is 0 Å². The molecule has 0 fully saturated rings. The molecule has 0 saturated heterocycles. The van der Waals surface area contributed by atoms with Crippen molar-refractivity contribution in [3.63, 3.8) is 0 Å². The number of aromatic nitrogens is 1. The normalized spacial score (nSPS) is 11.9. The lowest BCUT2D eigenvalue weighted by Gasteiger charge is -2.19. The van der Waals surface area contributed by atoms with Gasteiger partial charge in [-0.2, -0.15) is 0 Å². The van der Waals surface area contributed by atoms with E-state index in [1.807, 2.05) is 30.5 Å². The van der Waals surface area contributed by atoms with Crippen LogP contribution in [0.1, 0.15) is 35.0 Å². The maximum Gasteiger partial charge on any atom is 0.227 e. The molecule has 0 aliphatic carbocycles. The Hall–Kier alpha value is -4.20. The van der Waals surface area contributed by atoms with E-state index in [4.69, 9.17) is 9.15 Å². The van der Waals surface area contributed by atoms with Gasteiger partial charge in [-0.25, -0.2) is 0 Å². The molecule has 4 aromatic rings. The van der Waals surface area contributed by atoms with Crippen LogP contribution < -0.4 is 15.5 Å². The molecule has 34 heavy (non-hydrogen) atoms. The number of ether oxygens (including phenoxy) is 1. The maximum atomic E-state index is 12.9. The molecule has 0 bridgehead atoms. The summed E-state index contributed by atoms with van der Waals surface area (Å²) >= 11 is 0. The molecule has 2 aromatic carbocycles. The van der Waals surface area contributed by atoms with Gasteiger partial charge in [0.1, 0.15) is 5.76 Å². The highest BCUT2D eigenvalue weighted by atomic mass is 16.5. The van der Waals surface area contributed by atoms with Crippen LogP contribution >= 0.6 is 0 Å². The highest BCUT2D eigenvalue weighted by Crippen LogP contribution is 2.37. The molecular formula is C26H26N2O6. The third-order valence-electron chi connectivity index (χ3n) is 5.78. The highest BCUT2D eigenvalue weighted by Gasteiger charge is 2.26. The van der Waals surface area contributed by atoms with E-state index in [1.165, 1.54) is 19.2 Å². The third kappa shape index (κ3) is 4.76. The number of nitrogens with one attached hydrogen (secondary N) is 2. The number of hydrogen-bond acceptors (Lipinski definition) is 6. The molecular weight excluding hydrogens is 436 g/mol. The Labute approximate surface area is 195 Å². The molecule has 1 amide bonds. The standard InChI is InChI=1S/C26H26N2O6/c1-15-11-22(30)25(32)26(34-15)19(16-7-8-21(29)23(12-16)33-2)13-24(31)27-10-9-17-14-28-20-6-4-3-5-18(17)20/h3-8,11-12,14,19,28-29,32H,9-10,13H2,1-2H3,(H,27,31). The molecule has 1 atom stereocenters. The number of phenols is 1. The number of H-pyrrole nitrogens is 1. The lowest BCUT2D eigenvalue weighted by molar-refractivity contribution is -0.121. The Balaban J connectivity index is 1.55. The van der Waals surface area contributed by atoms with Crippen molar-refractivity contribution in [2.24, 2.45) is 0 Å². The van der Waals surface area contributed by atoms with Gasteiger partial charge in [0.25, 0.3) is 0 Å². The number of aromatic amines is 1. The fourth-order valence-corrected chi connectivity index (χ4v) is 4.07. The van der Waals surface area contributed by atoms with Gasteiger partial charge in [-0.3, -0.25) is 9.59 Å². The predicted molar refractivity (Wildman–Crippen MR) is 128 cm³/mol. The summed E-state index contributed by atoms with van der Waals surface area (Å²) in [5.74, 6) is -1.15. The van der Waals surface area contributed by atoms with E-state index in [-0.39, 0.29) is 29.6 Å². The molecule has 176 valence electrons. The second-order valence-corrected chi connectivity index (χ2v) is 8.08. The number of amides is 1. The smallest absolute Gasteiger partial charge is 0.227 e. The van der Waals surface area contributed by atoms with Crippen molar-refractivity contribution >= 4 is 16.8 Å². The van der Waals surface area contributed by atoms with Gasteiger partial charge < -0.3 is 29.7 Å². The van der Waals surface area contributed by atoms with Crippen LogP contribution in [0.5, 0.6) is 17.2 Å². The second-order valence-electron chi connectivity index (χ2n) is 8.08. The second kappa shape index (κ2) is 9.74. The van der Waals surface area contributed by atoms with Crippen molar-refractivity contribution in [3.05, 3.63) is 87.6 Å². The zero-order chi connectivity index (χ0) is 24.2. The summed E-state index contributed by atoms with van der Waals surface area (Å²) in [5, 5.41) is 24.4. The van der Waals surface area contributed by atoms with Crippen molar-refractivity contribution in [2.75, 3.05) is 13.7 Å². The van der Waals surface area contributed by atoms with Crippen molar-refractivity contribution in [1.82, 2.24) is 10.3 Å². The first-order valence-electron chi connectivity index (χ1n) is 10.9. The molecule has 2 aromatic heterocycles. The number of methoxy groups -OCH3 is 1. The minimum absolute atomic E-state index is 0.00970. The summed E-state index contributed by atoms with van der Waals surface area (Å²) in [7, 11) is 1.41. The average Bonchev–Trinajstić information content (AvgIpc) is 3.23. The van der Waals surface area contributed by atoms with E-state index in [0.717, 1.165) is 16.5 Å². The summed E-state index contributed by atoms with van der Waals surface area (Å²) in [5.41, 5.74) is 2.09. The fourth-order valence-electron chi connectivity index (χ4n) is 4.07. The number of hydrogen-bond donors (Lipinski definition) is 4. The number of rotatable bonds is 8. The molecule has 0 saturated carbocycles. The van der Waals surface area contributed by atoms with E-state index in [9.17, 15) is 19.8 Å². The van der Waals surface area contributed by atoms with Gasteiger partial charge >= 0.3 is 0 Å². The van der Waals surface area contributed by atoms with Crippen LogP contribution in [0, 0.1) is 6.92 Å². The number of fused-ring (bicyclic) bond motifs is 1. The SMILES string of the molecule is COc1cc(C(CC(=O)NCCc2c[nH]c3ccccc23)c2oc(C)cc(=O)c2O)ccc1O. The summed E-state index contributed by atoms with van der Waals surface area (Å²) in [6.07, 6.45) is 2.49. The number of aryl methyl sites for hydroxylation is 1. The van der Waals surface area contributed by atoms with Gasteiger partial charge in [0.05, 0.1) is 13.0 Å². The number of para-hydroxylation sites is 1. The van der Waals surface area contributed by atoms with Gasteiger partial charge in [0, 0.05) is 36.1 Å². The number of phenolic OH excluding ortho intramolecular Hbond substituents is 1. The summed E-state index contributed by atoms with van der Waals surface area (Å²) < 4.78 is 10.9. The molecule has 4 N–H and O–H groups in total. The molecule has 8 heteroatoms. The molecule has 0 radical (unpaired) electrons. The quantitative estimate of drug-likeness (QED) is 0.316. The van der Waals surface area contributed by atoms with E-state index >= 15 is 0 Å². The number of carbonyl (C=O) groups excluding carboxylic acids is 1. The van der Waals surface area contributed by atoms with Crippen molar-refractivity contribution in [1.29, 1.82) is 0 Å². The maximum absolute atomic E-state index is 12.9. The summed E-state index contributed by atoms with van der Waals surface area (Å²) in [6.45, 7) is 2.01. The highest BCUT2D eigenvalue weighted by molar-refractivity contribution is 5.83. The van der Waals surface area contributed by atoms with Crippen LogP contribution in [0.15, 0.2) is 63.9 Å². The minimum atomic E-state index is -0.768. The lowest BCUT2D eigenvalue weighted by Crippen LogP contribution is -2.27. The number of carbonyl (C=O) groups is 1. The predicted octanol–water partition coefficient (Wildman–Crippen LogP) is 3.73. The molecule has 0 spiro atoms. The Morgan fingerprint density at radius 1 is 1.18 bits per heavy atom. The van der Waals surface area contributed by atoms with Gasteiger partial charge in [-0.1, -0.05) is 24.3 Å². The van der Waals surface area contributed by atoms with E-state index < -0.39 is 17.1 Å². The molecule has 0 aliphatic heterocycles. The molecule has 0 aliphatic rings. The third-order valence-corrected chi connectivity index (χ3v) is 5.78. The topological polar surface area (TPSA) is 125 Å². The van der Waals surface area contributed by atoms with Crippen molar-refractivity contribution in [3.8, 4) is 17.2 Å². The first kappa shape index (κ1) is 23.0. The van der Waals surface area contributed by atoms with E-state index in [0.29, 0.717) is 24.3 Å². The summed E-state index contributed by atoms with van der Waals surface area (Å²) in [6, 6.07) is 13.7. The van der Waals surface area contributed by atoms with Crippen molar-refractivity contribution in [2.45, 2.75) is 25.7 Å². The Bertz CT molecular complexity index is 1390. The van der Waals surface area contributed by atoms with Crippen LogP contribution in [0.4, 0.5) is 0 Å². The van der Waals surface area contributed by atoms with Crippen LogP contribution in [0.2, 0.25) is 0 Å². The van der Waals surface area contributed by atoms with Crippen LogP contribution in [0.25, 0.3) is 10.9 Å². The Morgan fingerprint density at radius 2 is 1.97 bits per heavy atom. The Kier molecular flexibility index (Phi) is 6.58. The minimum Gasteiger partial charge on any atom is -0.504 e. The van der Waals surface area contributed by atoms with Gasteiger partial charge in [-0.15, -0.1) is 0 Å². The average molecular weight is 463 g/mol. The molecule has 2 heterocycles. The van der Waals surface area contributed by atoms with E-state index in [2.05, 4.69) is 10.3 Å². The number of aromatic hydroxyl groups is 2. The first-order valence-corrected chi connectivity index (χ1v) is 10.9. The summed E-state index contributed by atoms with van der Waals surface area (Å²) in [4.78, 5) is 28.3. The van der Waals surface area contributed by atoms with E-state index in [1.54, 1.807) is 19.1 Å². The van der Waals surface area contributed by atoms with Crippen molar-refractivity contribution < 1.29 is 24.2 Å². The molecule has 8 nitrogen and oxygen atoms in total. The zero-order valence-corrected chi connectivity index (χ0v) is 18.9. The van der Waals surface area contributed by atoms with Crippen LogP contribution in [-0.4, -0.2) is 34.8 Å². The largest absolute Gasteiger partial charge is 0.504 e. The monoisotopic (exact) mass is 462 g/mol.